The van der Waals surface area contributed by atoms with Gasteiger partial charge >= 0.3 is 0 Å². The fraction of sp³-hybridized carbons (Fsp3) is 0.857. The fourth-order valence-corrected chi connectivity index (χ4v) is 0.603. The minimum Gasteiger partial charge on any atom is -0.251 e. The summed E-state index contributed by atoms with van der Waals surface area (Å²) in [5.74, 6) is -2.69. The highest BCUT2D eigenvalue weighted by Gasteiger charge is 2.24. The Morgan fingerprint density at radius 3 is 2.20 bits per heavy atom. The number of halogens is 3. The molecule has 0 heterocycles. The summed E-state index contributed by atoms with van der Waals surface area (Å²) < 4.78 is 36.0. The molecule has 0 aliphatic rings. The SMILES string of the molecule is [CH2]CC(F)(F)CCCCF. The molecule has 1 radical (unpaired) electrons. The normalized spacial score (nSPS) is 12.0. The highest BCUT2D eigenvalue weighted by Crippen LogP contribution is 2.24. The lowest BCUT2D eigenvalue weighted by atomic mass is 10.1. The van der Waals surface area contributed by atoms with Gasteiger partial charge in [-0.3, -0.25) is 4.39 Å². The van der Waals surface area contributed by atoms with E-state index in [4.69, 9.17) is 0 Å². The molecule has 0 aliphatic heterocycles. The van der Waals surface area contributed by atoms with Crippen LogP contribution in [0, 0.1) is 6.92 Å². The van der Waals surface area contributed by atoms with Crippen molar-refractivity contribution >= 4 is 0 Å². The molecule has 0 atom stereocenters. The van der Waals surface area contributed by atoms with E-state index in [2.05, 4.69) is 6.92 Å². The van der Waals surface area contributed by atoms with Crippen LogP contribution in [0.2, 0.25) is 0 Å². The Kier molecular flexibility index (Phi) is 4.49. The average molecular weight is 153 g/mol. The van der Waals surface area contributed by atoms with Gasteiger partial charge in [0.15, 0.2) is 0 Å². The molecule has 0 unspecified atom stereocenters. The molecular weight excluding hydrogens is 141 g/mol. The fourth-order valence-electron chi connectivity index (χ4n) is 0.603. The Balaban J connectivity index is 3.28. The first-order valence-electron chi connectivity index (χ1n) is 3.35. The lowest BCUT2D eigenvalue weighted by molar-refractivity contribution is -0.00768. The quantitative estimate of drug-likeness (QED) is 0.532. The molecule has 0 saturated carbocycles. The third-order valence-corrected chi connectivity index (χ3v) is 1.29. The first-order valence-corrected chi connectivity index (χ1v) is 3.35. The molecule has 0 spiro atoms. The van der Waals surface area contributed by atoms with Gasteiger partial charge in [-0.2, -0.15) is 0 Å². The number of alkyl halides is 3. The molecule has 0 aromatic rings. The summed E-state index contributed by atoms with van der Waals surface area (Å²) in [5.41, 5.74) is 0. The standard InChI is InChI=1S/C7H12F3/c1-2-7(9,10)5-3-4-6-8/h1-6H2. The number of hydrogen-bond donors (Lipinski definition) is 0. The summed E-state index contributed by atoms with van der Waals surface area (Å²) in [7, 11) is 0. The van der Waals surface area contributed by atoms with Gasteiger partial charge in [0.1, 0.15) is 0 Å². The van der Waals surface area contributed by atoms with Crippen LogP contribution in [-0.4, -0.2) is 12.6 Å². The predicted molar refractivity (Wildman–Crippen MR) is 34.7 cm³/mol. The molecule has 0 aliphatic carbocycles. The Labute approximate surface area is 59.4 Å². The van der Waals surface area contributed by atoms with Crippen LogP contribution in [-0.2, 0) is 0 Å². The predicted octanol–water partition coefficient (Wildman–Crippen LogP) is 2.99. The van der Waals surface area contributed by atoms with Crippen molar-refractivity contribution in [1.82, 2.24) is 0 Å². The number of rotatable bonds is 5. The third kappa shape index (κ3) is 4.65. The average Bonchev–Trinajstić information content (AvgIpc) is 1.89. The lowest BCUT2D eigenvalue weighted by Crippen LogP contribution is -2.13. The van der Waals surface area contributed by atoms with E-state index in [1.165, 1.54) is 0 Å². The van der Waals surface area contributed by atoms with E-state index in [1.807, 2.05) is 0 Å². The molecular formula is C7H12F3. The first-order chi connectivity index (χ1) is 4.62. The van der Waals surface area contributed by atoms with E-state index in [1.54, 1.807) is 0 Å². The molecule has 0 saturated heterocycles. The molecule has 61 valence electrons. The van der Waals surface area contributed by atoms with E-state index in [0.29, 0.717) is 0 Å². The van der Waals surface area contributed by atoms with E-state index in [-0.39, 0.29) is 25.7 Å². The maximum Gasteiger partial charge on any atom is 0.248 e. The molecule has 10 heavy (non-hydrogen) atoms. The van der Waals surface area contributed by atoms with Crippen LogP contribution >= 0.6 is 0 Å². The highest BCUT2D eigenvalue weighted by molar-refractivity contribution is 4.66. The summed E-state index contributed by atoms with van der Waals surface area (Å²) in [6.45, 7) is 2.59. The van der Waals surface area contributed by atoms with Gasteiger partial charge < -0.3 is 0 Å². The second kappa shape index (κ2) is 4.58. The lowest BCUT2D eigenvalue weighted by Gasteiger charge is -2.11. The molecule has 0 aromatic heterocycles. The topological polar surface area (TPSA) is 0 Å². The van der Waals surface area contributed by atoms with Gasteiger partial charge in [-0.1, -0.05) is 0 Å². The highest BCUT2D eigenvalue weighted by atomic mass is 19.3. The van der Waals surface area contributed by atoms with Gasteiger partial charge in [0.25, 0.3) is 0 Å². The van der Waals surface area contributed by atoms with E-state index >= 15 is 0 Å². The second-order valence-electron chi connectivity index (χ2n) is 2.25. The molecule has 0 nitrogen and oxygen atoms in total. The summed E-state index contributed by atoms with van der Waals surface area (Å²) in [6, 6.07) is 0. The van der Waals surface area contributed by atoms with Crippen LogP contribution in [0.5, 0.6) is 0 Å². The summed E-state index contributed by atoms with van der Waals surface area (Å²) >= 11 is 0. The van der Waals surface area contributed by atoms with Crippen molar-refractivity contribution in [3.8, 4) is 0 Å². The van der Waals surface area contributed by atoms with Crippen LogP contribution in [0.1, 0.15) is 25.7 Å². The number of hydrogen-bond acceptors (Lipinski definition) is 0. The molecule has 0 rings (SSSR count). The Morgan fingerprint density at radius 1 is 1.20 bits per heavy atom. The van der Waals surface area contributed by atoms with Gasteiger partial charge in [-0.05, 0) is 19.8 Å². The van der Waals surface area contributed by atoms with Gasteiger partial charge in [0, 0.05) is 12.8 Å². The van der Waals surface area contributed by atoms with Crippen molar-refractivity contribution in [2.75, 3.05) is 6.67 Å². The van der Waals surface area contributed by atoms with Crippen molar-refractivity contribution in [1.29, 1.82) is 0 Å². The summed E-state index contributed by atoms with van der Waals surface area (Å²) in [4.78, 5) is 0. The maximum atomic E-state index is 12.3. The maximum absolute atomic E-state index is 12.3. The van der Waals surface area contributed by atoms with Gasteiger partial charge in [-0.15, -0.1) is 0 Å². The monoisotopic (exact) mass is 153 g/mol. The van der Waals surface area contributed by atoms with Gasteiger partial charge in [0.2, 0.25) is 5.92 Å². The van der Waals surface area contributed by atoms with Crippen molar-refractivity contribution < 1.29 is 13.2 Å². The van der Waals surface area contributed by atoms with Crippen molar-refractivity contribution in [2.24, 2.45) is 0 Å². The largest absolute Gasteiger partial charge is 0.251 e. The zero-order valence-corrected chi connectivity index (χ0v) is 5.88. The minimum absolute atomic E-state index is 0.232. The van der Waals surface area contributed by atoms with Crippen molar-refractivity contribution in [3.05, 3.63) is 6.92 Å². The molecule has 0 bridgehead atoms. The minimum atomic E-state index is -2.69. The van der Waals surface area contributed by atoms with Gasteiger partial charge in [-0.25, -0.2) is 8.78 Å². The Bertz CT molecular complexity index is 80.9. The van der Waals surface area contributed by atoms with E-state index < -0.39 is 12.6 Å². The second-order valence-corrected chi connectivity index (χ2v) is 2.25. The van der Waals surface area contributed by atoms with Crippen LogP contribution < -0.4 is 0 Å². The van der Waals surface area contributed by atoms with Crippen molar-refractivity contribution in [2.45, 2.75) is 31.6 Å². The van der Waals surface area contributed by atoms with Crippen LogP contribution in [0.25, 0.3) is 0 Å². The smallest absolute Gasteiger partial charge is 0.248 e. The molecule has 0 aromatic carbocycles. The van der Waals surface area contributed by atoms with Crippen LogP contribution in [0.3, 0.4) is 0 Å². The van der Waals surface area contributed by atoms with Crippen molar-refractivity contribution in [3.63, 3.8) is 0 Å². The zero-order valence-electron chi connectivity index (χ0n) is 5.88. The third-order valence-electron chi connectivity index (χ3n) is 1.29. The van der Waals surface area contributed by atoms with E-state index in [9.17, 15) is 13.2 Å². The first kappa shape index (κ1) is 9.79. The summed E-state index contributed by atoms with van der Waals surface area (Å²) in [5, 5.41) is 0. The Morgan fingerprint density at radius 2 is 1.80 bits per heavy atom. The number of unbranched alkanes of at least 4 members (excludes halogenated alkanes) is 1. The molecule has 0 fully saturated rings. The molecule has 0 N–H and O–H groups in total. The van der Waals surface area contributed by atoms with Crippen LogP contribution in [0.15, 0.2) is 0 Å². The molecule has 0 amide bonds. The Hall–Kier alpha value is -0.210. The summed E-state index contributed by atoms with van der Waals surface area (Å²) in [6.07, 6.45) is -0.145. The molecule has 3 heteroatoms. The van der Waals surface area contributed by atoms with Gasteiger partial charge in [0.05, 0.1) is 6.67 Å². The van der Waals surface area contributed by atoms with Crippen LogP contribution in [0.4, 0.5) is 13.2 Å². The zero-order chi connectivity index (χ0) is 8.04. The van der Waals surface area contributed by atoms with E-state index in [0.717, 1.165) is 0 Å².